The van der Waals surface area contributed by atoms with E-state index in [4.69, 9.17) is 0 Å². The first-order valence-electron chi connectivity index (χ1n) is 7.99. The Bertz CT molecular complexity index is 826. The predicted molar refractivity (Wildman–Crippen MR) is 83.1 cm³/mol. The van der Waals surface area contributed by atoms with E-state index in [1.807, 2.05) is 0 Å². The van der Waals surface area contributed by atoms with E-state index in [2.05, 4.69) is 33.2 Å². The fourth-order valence-electron chi connectivity index (χ4n) is 2.05. The molecule has 25 heteroatoms. The van der Waals surface area contributed by atoms with Gasteiger partial charge in [0.2, 0.25) is 0 Å². The lowest BCUT2D eigenvalue weighted by molar-refractivity contribution is -0.459. The average molecular weight is 682 g/mol. The minimum atomic E-state index is -9.06. The lowest BCUT2D eigenvalue weighted by Gasteiger charge is -2.45. The van der Waals surface area contributed by atoms with Crippen molar-refractivity contribution >= 4 is 39.2 Å². The van der Waals surface area contributed by atoms with Crippen molar-refractivity contribution in [2.24, 2.45) is 0 Å². The van der Waals surface area contributed by atoms with Crippen molar-refractivity contribution in [3.63, 3.8) is 0 Å². The summed E-state index contributed by atoms with van der Waals surface area (Å²) in [6.45, 7) is 0. The van der Waals surface area contributed by atoms with Crippen LogP contribution in [0.5, 0.6) is 0 Å². The molecule has 0 aliphatic rings. The molecule has 0 nitrogen and oxygen atoms in total. The van der Waals surface area contributed by atoms with Crippen LogP contribution in [0.2, 0.25) is 0 Å². The number of hydrogen-bond acceptors (Lipinski definition) is 0. The zero-order valence-electron chi connectivity index (χ0n) is 16.0. The van der Waals surface area contributed by atoms with Crippen LogP contribution >= 0.6 is 33.2 Å². The van der Waals surface area contributed by atoms with Gasteiger partial charge in [-0.15, -0.1) is 33.2 Å². The second kappa shape index (κ2) is 9.34. The predicted octanol–water partition coefficient (Wildman–Crippen LogP) is 9.24. The van der Waals surface area contributed by atoms with Gasteiger partial charge in [0.15, 0.2) is 0 Å². The van der Waals surface area contributed by atoms with Gasteiger partial charge in [0, 0.05) is 12.8 Å². The van der Waals surface area contributed by atoms with Crippen LogP contribution in [0.15, 0.2) is 0 Å². The van der Waals surface area contributed by atoms with E-state index in [1.54, 1.807) is 0 Å². The summed E-state index contributed by atoms with van der Waals surface area (Å²) in [5, 5.41) is 0. The van der Waals surface area contributed by atoms with Crippen LogP contribution in [0.25, 0.3) is 0 Å². The highest BCUT2D eigenvalue weighted by molar-refractivity contribution is 7.65. The first kappa shape index (κ1) is 36.6. The second-order valence-corrected chi connectivity index (χ2v) is 15.4. The van der Waals surface area contributed by atoms with E-state index in [-0.39, 0.29) is 0 Å². The maximum Gasteiger partial charge on any atom is 0.424 e. The molecule has 224 valence electrons. The van der Waals surface area contributed by atoms with Crippen LogP contribution in [-0.4, -0.2) is 65.1 Å². The summed E-state index contributed by atoms with van der Waals surface area (Å²) in [5.74, 6) is -68.0. The van der Waals surface area contributed by atoms with Crippen LogP contribution in [0.4, 0.5) is 92.2 Å². The van der Waals surface area contributed by atoms with Crippen molar-refractivity contribution in [1.29, 1.82) is 0 Å². The lowest BCUT2D eigenvalue weighted by atomic mass is 9.86. The van der Waals surface area contributed by atoms with Gasteiger partial charge in [-0.05, 0) is 0 Å². The molecule has 0 saturated heterocycles. The monoisotopic (exact) mass is 680 g/mol. The normalized spacial score (nSPS) is 16.9. The van der Waals surface area contributed by atoms with Gasteiger partial charge >= 0.3 is 65.1 Å². The minimum Gasteiger partial charge on any atom is -0.200 e. The molecule has 0 rings (SSSR count). The largest absolute Gasteiger partial charge is 0.424 e. The highest BCUT2D eigenvalue weighted by atomic mass is 35.8. The first-order chi connectivity index (χ1) is 15.5. The Labute approximate surface area is 204 Å². The van der Waals surface area contributed by atoms with E-state index in [0.717, 1.165) is 0 Å². The van der Waals surface area contributed by atoms with Gasteiger partial charge in [-0.2, -0.15) is 92.2 Å². The van der Waals surface area contributed by atoms with Gasteiger partial charge < -0.3 is 0 Å². The van der Waals surface area contributed by atoms with Crippen molar-refractivity contribution in [1.82, 2.24) is 0 Å². The zero-order chi connectivity index (χ0) is 30.9. The van der Waals surface area contributed by atoms with E-state index >= 15 is 0 Å². The first-order valence-corrected chi connectivity index (χ1v) is 13.0. The number of hydrogen-bond donors (Lipinski definition) is 0. The molecule has 0 amide bonds. The third kappa shape index (κ3) is 5.24. The Balaban J connectivity index is 6.95. The van der Waals surface area contributed by atoms with Crippen molar-refractivity contribution in [3.05, 3.63) is 0 Å². The van der Waals surface area contributed by atoms with Gasteiger partial charge in [0.25, 0.3) is 0 Å². The number of alkyl halides is 21. The molecule has 0 aromatic heterocycles. The molecule has 0 spiro atoms. The van der Waals surface area contributed by atoms with E-state index in [1.165, 1.54) is 0 Å². The third-order valence-corrected chi connectivity index (χ3v) is 7.46. The molecule has 0 radical (unpaired) electrons. The van der Waals surface area contributed by atoms with Crippen molar-refractivity contribution < 1.29 is 92.2 Å². The Hall–Kier alpha value is -0.383. The molecule has 0 unspecified atom stereocenters. The average Bonchev–Trinajstić information content (AvgIpc) is 2.63. The Morgan fingerprint density at radius 2 is 0.595 bits per heavy atom. The van der Waals surface area contributed by atoms with Crippen LogP contribution < -0.4 is 0 Å². The number of rotatable bonds is 11. The molecule has 0 aromatic carbocycles. The summed E-state index contributed by atoms with van der Waals surface area (Å²) >= 11 is 12.8. The summed E-state index contributed by atoms with van der Waals surface area (Å²) in [6.07, 6.45) is -12.8. The standard InChI is InChI=1S/C12H4Cl3F21Si/c13-37(14,15)12(35,36)11(33,34)10(31,32)9(29,30)8(27,28)7(25,26)6(23,24)5(21,22)3(16,17)1-2-4(18,19)20/h1-2H2. The van der Waals surface area contributed by atoms with E-state index < -0.39 is 77.9 Å². The second-order valence-electron chi connectivity index (χ2n) is 6.91. The summed E-state index contributed by atoms with van der Waals surface area (Å²) in [5.41, 5.74) is -7.11. The molecule has 0 bridgehead atoms. The Morgan fingerprint density at radius 1 is 0.351 bits per heavy atom. The van der Waals surface area contributed by atoms with Crippen molar-refractivity contribution in [3.8, 4) is 0 Å². The lowest BCUT2D eigenvalue weighted by Crippen LogP contribution is -2.77. The third-order valence-electron chi connectivity index (χ3n) is 4.30. The molecule has 0 aromatic rings. The summed E-state index contributed by atoms with van der Waals surface area (Å²) in [6, 6.07) is -6.80. The highest BCUT2D eigenvalue weighted by Crippen LogP contribution is 2.66. The molecule has 0 fully saturated rings. The Kier molecular flexibility index (Phi) is 9.24. The highest BCUT2D eigenvalue weighted by Gasteiger charge is 2.97. The fourth-order valence-corrected chi connectivity index (χ4v) is 3.63. The SMILES string of the molecule is FC(F)(F)CCC(F)(F)C(F)(F)C(F)(F)C(F)(F)C(F)(F)C(F)(F)C(F)(F)C(F)(F)C(F)(F)[Si](Cl)(Cl)Cl. The molecule has 0 aliphatic heterocycles. The van der Waals surface area contributed by atoms with Crippen LogP contribution in [0, 0.1) is 0 Å². The van der Waals surface area contributed by atoms with Gasteiger partial charge in [-0.1, -0.05) is 0 Å². The summed E-state index contributed by atoms with van der Waals surface area (Å²) in [7, 11) is 0. The van der Waals surface area contributed by atoms with Crippen molar-refractivity contribution in [2.75, 3.05) is 0 Å². The molecule has 0 saturated carbocycles. The number of halogens is 24. The van der Waals surface area contributed by atoms with E-state index in [9.17, 15) is 92.2 Å². The van der Waals surface area contributed by atoms with Gasteiger partial charge in [-0.3, -0.25) is 0 Å². The van der Waals surface area contributed by atoms with Gasteiger partial charge in [0.05, 0.1) is 0 Å². The van der Waals surface area contributed by atoms with Gasteiger partial charge in [0.1, 0.15) is 0 Å². The summed E-state index contributed by atoms with van der Waals surface area (Å²) in [4.78, 5) is 0. The zero-order valence-corrected chi connectivity index (χ0v) is 19.3. The van der Waals surface area contributed by atoms with Crippen LogP contribution in [-0.2, 0) is 0 Å². The molecular formula is C12H4Cl3F21Si. The molecule has 0 aliphatic carbocycles. The van der Waals surface area contributed by atoms with Crippen LogP contribution in [0.3, 0.4) is 0 Å². The van der Waals surface area contributed by atoms with Gasteiger partial charge in [-0.25, -0.2) is 0 Å². The maximum atomic E-state index is 13.6. The molecule has 0 N–H and O–H groups in total. The molecular weight excluding hydrogens is 678 g/mol. The summed E-state index contributed by atoms with van der Waals surface area (Å²) < 4.78 is 278. The molecule has 0 heterocycles. The topological polar surface area (TPSA) is 0 Å². The maximum absolute atomic E-state index is 13.6. The molecule has 0 atom stereocenters. The van der Waals surface area contributed by atoms with E-state index in [0.29, 0.717) is 0 Å². The minimum absolute atomic E-state index is 3.22. The molecule has 37 heavy (non-hydrogen) atoms. The Morgan fingerprint density at radius 3 is 0.838 bits per heavy atom. The van der Waals surface area contributed by atoms with Crippen molar-refractivity contribution in [2.45, 2.75) is 71.9 Å². The fraction of sp³-hybridized carbons (Fsp3) is 1.00. The quantitative estimate of drug-likeness (QED) is 0.116. The van der Waals surface area contributed by atoms with Crippen LogP contribution in [0.1, 0.15) is 12.8 Å². The smallest absolute Gasteiger partial charge is 0.200 e.